The number of benzene rings is 1. The minimum Gasteiger partial charge on any atom is -0.444 e. The molecule has 2 rings (SSSR count). The van der Waals surface area contributed by atoms with E-state index in [0.717, 1.165) is 30.4 Å². The van der Waals surface area contributed by atoms with Gasteiger partial charge in [0.25, 0.3) is 11.8 Å². The van der Waals surface area contributed by atoms with Crippen LogP contribution in [0.2, 0.25) is 0 Å². The summed E-state index contributed by atoms with van der Waals surface area (Å²) in [5.74, 6) is -0.403. The maximum Gasteiger partial charge on any atom is 0.407 e. The number of hydrogen-bond donors (Lipinski definition) is 1. The quantitative estimate of drug-likeness (QED) is 0.421. The lowest BCUT2D eigenvalue weighted by Crippen LogP contribution is -2.44. The Balaban J connectivity index is 1.70. The highest BCUT2D eigenvalue weighted by atomic mass is 16.6. The summed E-state index contributed by atoms with van der Waals surface area (Å²) < 4.78 is 5.96. The number of imide groups is 1. The molecule has 3 amide bonds. The van der Waals surface area contributed by atoms with E-state index in [-0.39, 0.29) is 11.8 Å². The van der Waals surface area contributed by atoms with Crippen molar-refractivity contribution >= 4 is 17.9 Å². The van der Waals surface area contributed by atoms with Crippen LogP contribution in [-0.4, -0.2) is 73.2 Å². The number of amides is 3. The van der Waals surface area contributed by atoms with Crippen LogP contribution in [-0.2, 0) is 4.74 Å². The normalized spacial score (nSPS) is 14.2. The highest BCUT2D eigenvalue weighted by Crippen LogP contribution is 2.22. The van der Waals surface area contributed by atoms with Gasteiger partial charge in [0.2, 0.25) is 0 Å². The molecule has 0 saturated heterocycles. The SMILES string of the molecule is CC(C)(C)OC(=O)NCCC[N+](C)(C)CCCN1C(=O)c2ccccc2C1=O. The maximum absolute atomic E-state index is 12.4. The minimum atomic E-state index is -0.497. The average Bonchev–Trinajstić information content (AvgIpc) is 2.82. The summed E-state index contributed by atoms with van der Waals surface area (Å²) in [7, 11) is 4.21. The van der Waals surface area contributed by atoms with E-state index in [1.54, 1.807) is 24.3 Å². The highest BCUT2D eigenvalue weighted by molar-refractivity contribution is 6.21. The van der Waals surface area contributed by atoms with Gasteiger partial charge in [0, 0.05) is 25.9 Å². The smallest absolute Gasteiger partial charge is 0.407 e. The molecule has 0 atom stereocenters. The largest absolute Gasteiger partial charge is 0.444 e. The van der Waals surface area contributed by atoms with Gasteiger partial charge in [-0.05, 0) is 32.9 Å². The number of carbonyl (C=O) groups is 3. The number of hydrogen-bond acceptors (Lipinski definition) is 4. The summed E-state index contributed by atoms with van der Waals surface area (Å²) >= 11 is 0. The topological polar surface area (TPSA) is 75.7 Å². The molecule has 0 radical (unpaired) electrons. The monoisotopic (exact) mass is 390 g/mol. The lowest BCUT2D eigenvalue weighted by atomic mass is 10.1. The zero-order chi connectivity index (χ0) is 20.9. The van der Waals surface area contributed by atoms with Crippen LogP contribution in [0, 0.1) is 0 Å². The molecule has 7 nitrogen and oxygen atoms in total. The lowest BCUT2D eigenvalue weighted by molar-refractivity contribution is -0.890. The third kappa shape index (κ3) is 6.05. The Morgan fingerprint density at radius 2 is 1.57 bits per heavy atom. The number of fused-ring (bicyclic) bond motifs is 1. The van der Waals surface area contributed by atoms with E-state index in [1.807, 2.05) is 20.8 Å². The van der Waals surface area contributed by atoms with Crippen LogP contribution in [0.5, 0.6) is 0 Å². The molecule has 0 fully saturated rings. The summed E-state index contributed by atoms with van der Waals surface area (Å²) in [6, 6.07) is 6.96. The second-order valence-corrected chi connectivity index (χ2v) is 8.83. The summed E-state index contributed by atoms with van der Waals surface area (Å²) in [5.41, 5.74) is 0.493. The molecule has 0 aliphatic carbocycles. The fourth-order valence-corrected chi connectivity index (χ4v) is 3.22. The second kappa shape index (κ2) is 8.73. The lowest BCUT2D eigenvalue weighted by Gasteiger charge is -2.30. The Kier molecular flexibility index (Phi) is 6.82. The first-order valence-electron chi connectivity index (χ1n) is 9.74. The number of nitrogens with zero attached hydrogens (tertiary/aromatic N) is 2. The van der Waals surface area contributed by atoms with Crippen molar-refractivity contribution in [1.82, 2.24) is 10.2 Å². The maximum atomic E-state index is 12.4. The number of rotatable bonds is 8. The number of alkyl carbamates (subject to hydrolysis) is 1. The first-order valence-corrected chi connectivity index (χ1v) is 9.74. The molecule has 28 heavy (non-hydrogen) atoms. The molecular formula is C21H32N3O4+. The molecule has 0 saturated carbocycles. The number of ether oxygens (including phenoxy) is 1. The Morgan fingerprint density at radius 1 is 1.04 bits per heavy atom. The van der Waals surface area contributed by atoms with Crippen LogP contribution < -0.4 is 5.32 Å². The van der Waals surface area contributed by atoms with E-state index in [2.05, 4.69) is 19.4 Å². The second-order valence-electron chi connectivity index (χ2n) is 8.83. The third-order valence-electron chi connectivity index (χ3n) is 4.63. The van der Waals surface area contributed by atoms with E-state index >= 15 is 0 Å². The molecule has 0 spiro atoms. The molecular weight excluding hydrogens is 358 g/mol. The van der Waals surface area contributed by atoms with E-state index in [1.165, 1.54) is 4.90 Å². The Morgan fingerprint density at radius 3 is 2.11 bits per heavy atom. The van der Waals surface area contributed by atoms with Crippen LogP contribution in [0.25, 0.3) is 0 Å². The first-order chi connectivity index (χ1) is 13.0. The van der Waals surface area contributed by atoms with Gasteiger partial charge < -0.3 is 14.5 Å². The molecule has 7 heteroatoms. The molecule has 0 aromatic heterocycles. The standard InChI is InChI=1S/C21H31N3O4/c1-21(2,3)28-20(27)22-12-8-14-24(4,5)15-9-13-23-18(25)16-10-6-7-11-17(16)19(23)26/h6-7,10-11H,8-9,12-15H2,1-5H3/p+1. The predicted octanol–water partition coefficient (Wildman–Crippen LogP) is 2.66. The molecule has 154 valence electrons. The first kappa shape index (κ1) is 21.9. The summed E-state index contributed by atoms with van der Waals surface area (Å²) in [5, 5.41) is 2.77. The zero-order valence-corrected chi connectivity index (χ0v) is 17.6. The molecule has 1 aliphatic rings. The average molecular weight is 391 g/mol. The van der Waals surface area contributed by atoms with Crippen molar-refractivity contribution in [2.45, 2.75) is 39.2 Å². The van der Waals surface area contributed by atoms with Crippen LogP contribution in [0.15, 0.2) is 24.3 Å². The molecule has 1 aromatic carbocycles. The number of carbonyl (C=O) groups excluding carboxylic acids is 3. The zero-order valence-electron chi connectivity index (χ0n) is 17.6. The molecule has 1 aromatic rings. The highest BCUT2D eigenvalue weighted by Gasteiger charge is 2.34. The van der Waals surface area contributed by atoms with Crippen molar-refractivity contribution in [2.24, 2.45) is 0 Å². The fraction of sp³-hybridized carbons (Fsp3) is 0.571. The van der Waals surface area contributed by atoms with Gasteiger partial charge in [-0.3, -0.25) is 14.5 Å². The van der Waals surface area contributed by atoms with Crippen molar-refractivity contribution in [2.75, 3.05) is 40.3 Å². The van der Waals surface area contributed by atoms with Gasteiger partial charge in [-0.2, -0.15) is 0 Å². The third-order valence-corrected chi connectivity index (χ3v) is 4.63. The Bertz CT molecular complexity index is 702. The fourth-order valence-electron chi connectivity index (χ4n) is 3.22. The molecule has 0 bridgehead atoms. The molecule has 1 aliphatic heterocycles. The predicted molar refractivity (Wildman–Crippen MR) is 107 cm³/mol. The van der Waals surface area contributed by atoms with Gasteiger partial charge in [-0.1, -0.05) is 12.1 Å². The summed E-state index contributed by atoms with van der Waals surface area (Å²) in [6.45, 7) is 8.18. The van der Waals surface area contributed by atoms with Gasteiger partial charge in [0.15, 0.2) is 0 Å². The Hall–Kier alpha value is -2.41. The van der Waals surface area contributed by atoms with Crippen molar-refractivity contribution in [3.8, 4) is 0 Å². The van der Waals surface area contributed by atoms with Gasteiger partial charge in [-0.25, -0.2) is 4.79 Å². The Labute approximate surface area is 167 Å². The number of quaternary nitrogens is 1. The van der Waals surface area contributed by atoms with Crippen molar-refractivity contribution < 1.29 is 23.6 Å². The van der Waals surface area contributed by atoms with Crippen molar-refractivity contribution in [3.63, 3.8) is 0 Å². The van der Waals surface area contributed by atoms with Crippen LogP contribution in [0.4, 0.5) is 4.79 Å². The van der Waals surface area contributed by atoms with Crippen LogP contribution >= 0.6 is 0 Å². The summed E-state index contributed by atoms with van der Waals surface area (Å²) in [6.07, 6.45) is 1.15. The molecule has 1 N–H and O–H groups in total. The van der Waals surface area contributed by atoms with Crippen LogP contribution in [0.1, 0.15) is 54.3 Å². The van der Waals surface area contributed by atoms with E-state index < -0.39 is 11.7 Å². The van der Waals surface area contributed by atoms with Gasteiger partial charge in [0.1, 0.15) is 5.60 Å². The van der Waals surface area contributed by atoms with Crippen molar-refractivity contribution in [1.29, 1.82) is 0 Å². The molecule has 1 heterocycles. The van der Waals surface area contributed by atoms with E-state index in [0.29, 0.717) is 24.2 Å². The van der Waals surface area contributed by atoms with Gasteiger partial charge in [0.05, 0.1) is 38.3 Å². The molecule has 0 unspecified atom stereocenters. The van der Waals surface area contributed by atoms with Gasteiger partial charge >= 0.3 is 6.09 Å². The van der Waals surface area contributed by atoms with Gasteiger partial charge in [-0.15, -0.1) is 0 Å². The van der Waals surface area contributed by atoms with Crippen molar-refractivity contribution in [3.05, 3.63) is 35.4 Å². The minimum absolute atomic E-state index is 0.201. The van der Waals surface area contributed by atoms with E-state index in [9.17, 15) is 14.4 Å². The number of nitrogens with one attached hydrogen (secondary N) is 1. The van der Waals surface area contributed by atoms with E-state index in [4.69, 9.17) is 4.74 Å². The van der Waals surface area contributed by atoms with Crippen LogP contribution in [0.3, 0.4) is 0 Å². The summed E-state index contributed by atoms with van der Waals surface area (Å²) in [4.78, 5) is 37.8.